The summed E-state index contributed by atoms with van der Waals surface area (Å²) < 4.78 is 1.78. The van der Waals surface area contributed by atoms with E-state index in [1.807, 2.05) is 68.1 Å². The molecule has 220 valence electrons. The first-order valence-electron chi connectivity index (χ1n) is 14.5. The Balaban J connectivity index is 1.16. The van der Waals surface area contributed by atoms with Crippen LogP contribution < -0.4 is 10.6 Å². The molecular formula is C33H40N6O2S. The smallest absolute Gasteiger partial charge is 0.324 e. The van der Waals surface area contributed by atoms with Crippen LogP contribution in [0.25, 0.3) is 5.69 Å². The predicted molar refractivity (Wildman–Crippen MR) is 170 cm³/mol. The zero-order chi connectivity index (χ0) is 30.0. The molecule has 2 aromatic heterocycles. The average Bonchev–Trinajstić information content (AvgIpc) is 3.52. The van der Waals surface area contributed by atoms with Crippen LogP contribution in [0.1, 0.15) is 70.8 Å². The van der Waals surface area contributed by atoms with Gasteiger partial charge in [0.05, 0.1) is 22.1 Å². The second kappa shape index (κ2) is 12.1. The number of nitrogens with zero attached hydrogens (tertiary/aromatic N) is 4. The van der Waals surface area contributed by atoms with Crippen LogP contribution in [-0.2, 0) is 11.8 Å². The summed E-state index contributed by atoms with van der Waals surface area (Å²) in [5, 5.41) is 11.7. The number of aromatic nitrogens is 3. The van der Waals surface area contributed by atoms with Crippen molar-refractivity contribution in [1.82, 2.24) is 19.7 Å². The van der Waals surface area contributed by atoms with Gasteiger partial charge < -0.3 is 10.2 Å². The van der Waals surface area contributed by atoms with Crippen molar-refractivity contribution < 1.29 is 9.59 Å². The molecule has 0 atom stereocenters. The number of anilines is 2. The van der Waals surface area contributed by atoms with E-state index in [0.29, 0.717) is 11.7 Å². The van der Waals surface area contributed by atoms with Crippen molar-refractivity contribution in [3.8, 4) is 5.69 Å². The van der Waals surface area contributed by atoms with E-state index in [1.54, 1.807) is 4.68 Å². The Kier molecular flexibility index (Phi) is 8.50. The van der Waals surface area contributed by atoms with Crippen LogP contribution in [0, 0.1) is 26.7 Å². The van der Waals surface area contributed by atoms with Crippen LogP contribution in [0.5, 0.6) is 0 Å². The van der Waals surface area contributed by atoms with Gasteiger partial charge in [0.25, 0.3) is 5.91 Å². The number of likely N-dealkylation sites (tertiary alicyclic amines) is 1. The number of nitrogens with one attached hydrogen (secondary N) is 2. The van der Waals surface area contributed by atoms with E-state index < -0.39 is 0 Å². The molecule has 2 N–H and O–H groups in total. The van der Waals surface area contributed by atoms with Gasteiger partial charge in [-0.1, -0.05) is 50.6 Å². The van der Waals surface area contributed by atoms with Crippen molar-refractivity contribution in [2.45, 2.75) is 66.2 Å². The molecule has 1 saturated heterocycles. The summed E-state index contributed by atoms with van der Waals surface area (Å²) in [6.07, 6.45) is 2.92. The summed E-state index contributed by atoms with van der Waals surface area (Å²) in [5.74, 6) is 1.25. The maximum atomic E-state index is 13.0. The highest BCUT2D eigenvalue weighted by atomic mass is 32.1. The zero-order valence-electron chi connectivity index (χ0n) is 25.3. The van der Waals surface area contributed by atoms with Gasteiger partial charge in [0.2, 0.25) is 0 Å². The highest BCUT2D eigenvalue weighted by molar-refractivity contribution is 7.13. The molecule has 42 heavy (non-hydrogen) atoms. The highest BCUT2D eigenvalue weighted by Gasteiger charge is 2.26. The largest absolute Gasteiger partial charge is 0.338 e. The van der Waals surface area contributed by atoms with Gasteiger partial charge in [0.15, 0.2) is 0 Å². The average molecular weight is 585 g/mol. The Morgan fingerprint density at radius 1 is 0.952 bits per heavy atom. The Bertz CT molecular complexity index is 1560. The number of carbonyl (C=O) groups excluding carboxylic acids is 2. The fraction of sp³-hybridized carbons (Fsp3) is 0.394. The second-order valence-corrected chi connectivity index (χ2v) is 13.5. The number of hydrogen-bond donors (Lipinski definition) is 2. The lowest BCUT2D eigenvalue weighted by Crippen LogP contribution is -2.38. The predicted octanol–water partition coefficient (Wildman–Crippen LogP) is 7.29. The van der Waals surface area contributed by atoms with Crippen LogP contribution in [0.15, 0.2) is 54.6 Å². The van der Waals surface area contributed by atoms with Crippen LogP contribution in [0.3, 0.4) is 0 Å². The minimum absolute atomic E-state index is 0.113. The number of piperidine rings is 1. The molecule has 9 heteroatoms. The van der Waals surface area contributed by atoms with E-state index in [1.165, 1.54) is 16.9 Å². The first-order chi connectivity index (χ1) is 20.0. The number of hydrogen-bond acceptors (Lipinski definition) is 5. The van der Waals surface area contributed by atoms with Crippen LogP contribution in [-0.4, -0.2) is 44.7 Å². The number of aryl methyl sites for hydroxylation is 3. The summed E-state index contributed by atoms with van der Waals surface area (Å²) >= 11 is 1.49. The molecule has 3 amide bonds. The van der Waals surface area contributed by atoms with E-state index in [9.17, 15) is 9.59 Å². The molecule has 1 aliphatic rings. The van der Waals surface area contributed by atoms with Crippen LogP contribution in [0.4, 0.5) is 16.3 Å². The molecule has 0 bridgehead atoms. The Morgan fingerprint density at radius 3 is 2.21 bits per heavy atom. The molecule has 3 heterocycles. The van der Waals surface area contributed by atoms with Gasteiger partial charge in [0, 0.05) is 30.3 Å². The van der Waals surface area contributed by atoms with Crippen molar-refractivity contribution >= 4 is 34.8 Å². The van der Waals surface area contributed by atoms with Gasteiger partial charge in [-0.3, -0.25) is 10.1 Å². The SMILES string of the molecule is Cc1ccc(-n2nc(C(C)(C)C)cc2NC(=O)Nc2ccc(CC3CCN(C(=O)c4sc(C)nc4C)CC3)cc2)cc1. The van der Waals surface area contributed by atoms with E-state index in [2.05, 4.69) is 48.5 Å². The van der Waals surface area contributed by atoms with Gasteiger partial charge in [0.1, 0.15) is 10.7 Å². The lowest BCUT2D eigenvalue weighted by Gasteiger charge is -2.32. The number of rotatable bonds is 6. The molecule has 8 nitrogen and oxygen atoms in total. The molecule has 0 unspecified atom stereocenters. The first kappa shape index (κ1) is 29.5. The molecule has 0 spiro atoms. The van der Waals surface area contributed by atoms with Gasteiger partial charge in [-0.15, -0.1) is 11.3 Å². The Labute approximate surface area is 252 Å². The number of amides is 3. The Morgan fingerprint density at radius 2 is 1.62 bits per heavy atom. The van der Waals surface area contributed by atoms with E-state index >= 15 is 0 Å². The van der Waals surface area contributed by atoms with Crippen molar-refractivity contribution in [3.63, 3.8) is 0 Å². The summed E-state index contributed by atoms with van der Waals surface area (Å²) in [7, 11) is 0. The molecular weight excluding hydrogens is 544 g/mol. The number of carbonyl (C=O) groups is 2. The second-order valence-electron chi connectivity index (χ2n) is 12.3. The lowest BCUT2D eigenvalue weighted by molar-refractivity contribution is 0.0694. The normalized spacial score (nSPS) is 14.2. The van der Waals surface area contributed by atoms with Crippen LogP contribution in [0.2, 0.25) is 0 Å². The standard InChI is InChI=1S/C33H40N6O2S/c1-21-7-13-27(14-8-21)39-29(20-28(37-39)33(4,5)6)36-32(41)35-26-11-9-24(10-12-26)19-25-15-17-38(18-16-25)31(40)30-22(2)34-23(3)42-30/h7-14,20,25H,15-19H2,1-6H3,(H2,35,36,41). The third-order valence-corrected chi connectivity index (χ3v) is 8.79. The van der Waals surface area contributed by atoms with Gasteiger partial charge >= 0.3 is 6.03 Å². The van der Waals surface area contributed by atoms with Crippen molar-refractivity contribution in [3.05, 3.63) is 87.0 Å². The number of urea groups is 1. The minimum atomic E-state index is -0.320. The minimum Gasteiger partial charge on any atom is -0.338 e. The molecule has 1 fully saturated rings. The third-order valence-electron chi connectivity index (χ3n) is 7.73. The van der Waals surface area contributed by atoms with Crippen LogP contribution >= 0.6 is 11.3 Å². The summed E-state index contributed by atoms with van der Waals surface area (Å²) in [5.41, 5.74) is 5.57. The molecule has 0 aliphatic carbocycles. The molecule has 2 aromatic carbocycles. The first-order valence-corrected chi connectivity index (χ1v) is 15.4. The summed E-state index contributed by atoms with van der Waals surface area (Å²) in [6.45, 7) is 13.8. The number of benzene rings is 2. The zero-order valence-corrected chi connectivity index (χ0v) is 26.1. The molecule has 0 saturated carbocycles. The molecule has 5 rings (SSSR count). The summed E-state index contributed by atoms with van der Waals surface area (Å²) in [4.78, 5) is 33.1. The fourth-order valence-corrected chi connectivity index (χ4v) is 6.16. The summed E-state index contributed by atoms with van der Waals surface area (Å²) in [6, 6.07) is 17.7. The van der Waals surface area contributed by atoms with E-state index in [0.717, 1.165) is 70.6 Å². The van der Waals surface area contributed by atoms with Crippen molar-refractivity contribution in [2.75, 3.05) is 23.7 Å². The monoisotopic (exact) mass is 584 g/mol. The fourth-order valence-electron chi connectivity index (χ4n) is 5.27. The quantitative estimate of drug-likeness (QED) is 0.249. The molecule has 1 aliphatic heterocycles. The van der Waals surface area contributed by atoms with E-state index in [4.69, 9.17) is 5.10 Å². The van der Waals surface area contributed by atoms with E-state index in [-0.39, 0.29) is 17.4 Å². The lowest BCUT2D eigenvalue weighted by atomic mass is 9.90. The number of thiazole rings is 1. The Hall–Kier alpha value is -3.98. The third kappa shape index (κ3) is 6.90. The topological polar surface area (TPSA) is 92.2 Å². The van der Waals surface area contributed by atoms with Gasteiger partial charge in [-0.25, -0.2) is 14.5 Å². The molecule has 4 aromatic rings. The molecule has 0 radical (unpaired) electrons. The highest BCUT2D eigenvalue weighted by Crippen LogP contribution is 2.28. The maximum absolute atomic E-state index is 13.0. The van der Waals surface area contributed by atoms with Gasteiger partial charge in [-0.05, 0) is 75.8 Å². The maximum Gasteiger partial charge on any atom is 0.324 e. The van der Waals surface area contributed by atoms with Crippen molar-refractivity contribution in [2.24, 2.45) is 5.92 Å². The van der Waals surface area contributed by atoms with Gasteiger partial charge in [-0.2, -0.15) is 5.10 Å². The van der Waals surface area contributed by atoms with Crippen molar-refractivity contribution in [1.29, 1.82) is 0 Å².